The SMILES string of the molecule is COC(=O)c1cc(Cl)cc(CCC(C)C)c1C. The summed E-state index contributed by atoms with van der Waals surface area (Å²) >= 11 is 6.03. The molecule has 2 nitrogen and oxygen atoms in total. The number of aryl methyl sites for hydroxylation is 1. The molecule has 0 saturated carbocycles. The summed E-state index contributed by atoms with van der Waals surface area (Å²) in [7, 11) is 1.39. The summed E-state index contributed by atoms with van der Waals surface area (Å²) < 4.78 is 4.76. The van der Waals surface area contributed by atoms with Gasteiger partial charge in [-0.2, -0.15) is 0 Å². The van der Waals surface area contributed by atoms with Gasteiger partial charge in [0.25, 0.3) is 0 Å². The third-order valence-electron chi connectivity index (χ3n) is 2.88. The zero-order chi connectivity index (χ0) is 13.0. The van der Waals surface area contributed by atoms with Crippen LogP contribution in [0.1, 0.15) is 41.8 Å². The molecule has 3 heteroatoms. The van der Waals surface area contributed by atoms with Gasteiger partial charge in [0, 0.05) is 5.02 Å². The molecule has 1 aromatic rings. The van der Waals surface area contributed by atoms with Gasteiger partial charge >= 0.3 is 5.97 Å². The average molecular weight is 255 g/mol. The highest BCUT2D eigenvalue weighted by atomic mass is 35.5. The number of ether oxygens (including phenoxy) is 1. The number of esters is 1. The van der Waals surface area contributed by atoms with Gasteiger partial charge < -0.3 is 4.74 Å². The summed E-state index contributed by atoms with van der Waals surface area (Å²) in [5, 5.41) is 0.592. The van der Waals surface area contributed by atoms with Crippen LogP contribution in [0, 0.1) is 12.8 Å². The number of rotatable bonds is 4. The van der Waals surface area contributed by atoms with E-state index in [0.29, 0.717) is 16.5 Å². The highest BCUT2D eigenvalue weighted by Gasteiger charge is 2.13. The fourth-order valence-corrected chi connectivity index (χ4v) is 2.00. The van der Waals surface area contributed by atoms with E-state index in [1.807, 2.05) is 13.0 Å². The molecule has 0 unspecified atom stereocenters. The van der Waals surface area contributed by atoms with Gasteiger partial charge in [-0.15, -0.1) is 0 Å². The number of carbonyl (C=O) groups excluding carboxylic acids is 1. The summed E-state index contributed by atoms with van der Waals surface area (Å²) in [6, 6.07) is 3.60. The molecular formula is C14H19ClO2. The van der Waals surface area contributed by atoms with Gasteiger partial charge in [-0.25, -0.2) is 4.79 Å². The Labute approximate surface area is 108 Å². The Balaban J connectivity index is 3.05. The van der Waals surface area contributed by atoms with E-state index in [1.165, 1.54) is 7.11 Å². The lowest BCUT2D eigenvalue weighted by molar-refractivity contribution is 0.0600. The molecule has 0 bridgehead atoms. The highest BCUT2D eigenvalue weighted by molar-refractivity contribution is 6.31. The molecule has 0 atom stereocenters. The fraction of sp³-hybridized carbons (Fsp3) is 0.500. The predicted octanol–water partition coefficient (Wildman–Crippen LogP) is 4.02. The minimum Gasteiger partial charge on any atom is -0.465 e. The van der Waals surface area contributed by atoms with E-state index in [0.717, 1.165) is 24.0 Å². The van der Waals surface area contributed by atoms with Crippen LogP contribution in [0.4, 0.5) is 0 Å². The van der Waals surface area contributed by atoms with Gasteiger partial charge in [-0.05, 0) is 48.9 Å². The summed E-state index contributed by atoms with van der Waals surface area (Å²) in [6.07, 6.45) is 2.02. The van der Waals surface area contributed by atoms with Crippen LogP contribution < -0.4 is 0 Å². The van der Waals surface area contributed by atoms with E-state index in [9.17, 15) is 4.79 Å². The molecule has 0 aliphatic rings. The number of hydrogen-bond donors (Lipinski definition) is 0. The third-order valence-corrected chi connectivity index (χ3v) is 3.09. The van der Waals surface area contributed by atoms with Crippen LogP contribution in [-0.4, -0.2) is 13.1 Å². The summed E-state index contributed by atoms with van der Waals surface area (Å²) in [5.74, 6) is 0.311. The lowest BCUT2D eigenvalue weighted by Crippen LogP contribution is -2.06. The van der Waals surface area contributed by atoms with Crippen molar-refractivity contribution in [3.8, 4) is 0 Å². The summed E-state index contributed by atoms with van der Waals surface area (Å²) in [6.45, 7) is 6.31. The first-order valence-corrected chi connectivity index (χ1v) is 6.20. The molecule has 0 N–H and O–H groups in total. The van der Waals surface area contributed by atoms with Gasteiger partial charge in [0.1, 0.15) is 0 Å². The Morgan fingerprint density at radius 1 is 1.41 bits per heavy atom. The second-order valence-corrected chi connectivity index (χ2v) is 5.10. The smallest absolute Gasteiger partial charge is 0.338 e. The van der Waals surface area contributed by atoms with Gasteiger partial charge in [0.15, 0.2) is 0 Å². The monoisotopic (exact) mass is 254 g/mol. The Morgan fingerprint density at radius 2 is 2.06 bits per heavy atom. The molecule has 0 heterocycles. The van der Waals surface area contributed by atoms with Crippen LogP contribution in [0.25, 0.3) is 0 Å². The molecule has 0 radical (unpaired) electrons. The van der Waals surface area contributed by atoms with Crippen molar-refractivity contribution in [1.29, 1.82) is 0 Å². The van der Waals surface area contributed by atoms with Crippen molar-refractivity contribution in [2.75, 3.05) is 7.11 Å². The molecule has 0 aliphatic carbocycles. The second kappa shape index (κ2) is 6.06. The standard InChI is InChI=1S/C14H19ClO2/c1-9(2)5-6-11-7-12(15)8-13(10(11)3)14(16)17-4/h7-9H,5-6H2,1-4H3. The van der Waals surface area contributed by atoms with Crippen LogP contribution in [0.5, 0.6) is 0 Å². The molecule has 0 aliphatic heterocycles. The molecule has 1 aromatic carbocycles. The van der Waals surface area contributed by atoms with Gasteiger partial charge in [0.05, 0.1) is 12.7 Å². The predicted molar refractivity (Wildman–Crippen MR) is 70.7 cm³/mol. The van der Waals surface area contributed by atoms with E-state index in [-0.39, 0.29) is 5.97 Å². The van der Waals surface area contributed by atoms with Crippen molar-refractivity contribution in [2.24, 2.45) is 5.92 Å². The number of hydrogen-bond acceptors (Lipinski definition) is 2. The highest BCUT2D eigenvalue weighted by Crippen LogP contribution is 2.23. The Kier molecular flexibility index (Phi) is 5.01. The molecule has 0 amide bonds. The van der Waals surface area contributed by atoms with E-state index in [1.54, 1.807) is 6.07 Å². The maximum atomic E-state index is 11.6. The Morgan fingerprint density at radius 3 is 2.59 bits per heavy atom. The van der Waals surface area contributed by atoms with Crippen LogP contribution in [-0.2, 0) is 11.2 Å². The van der Waals surface area contributed by atoms with Crippen LogP contribution in [0.15, 0.2) is 12.1 Å². The van der Waals surface area contributed by atoms with Crippen molar-refractivity contribution < 1.29 is 9.53 Å². The van der Waals surface area contributed by atoms with Crippen LogP contribution in [0.2, 0.25) is 5.02 Å². The molecule has 17 heavy (non-hydrogen) atoms. The number of methoxy groups -OCH3 is 1. The number of benzene rings is 1. The van der Waals surface area contributed by atoms with Crippen molar-refractivity contribution in [3.05, 3.63) is 33.8 Å². The lowest BCUT2D eigenvalue weighted by atomic mass is 9.96. The van der Waals surface area contributed by atoms with Gasteiger partial charge in [-0.1, -0.05) is 25.4 Å². The quantitative estimate of drug-likeness (QED) is 0.759. The Bertz CT molecular complexity index is 411. The largest absolute Gasteiger partial charge is 0.465 e. The summed E-state index contributed by atoms with van der Waals surface area (Å²) in [5.41, 5.74) is 2.67. The van der Waals surface area contributed by atoms with Crippen LogP contribution in [0.3, 0.4) is 0 Å². The first-order chi connectivity index (χ1) is 7.95. The molecule has 0 spiro atoms. The van der Waals surface area contributed by atoms with E-state index in [2.05, 4.69) is 13.8 Å². The van der Waals surface area contributed by atoms with E-state index in [4.69, 9.17) is 16.3 Å². The maximum Gasteiger partial charge on any atom is 0.338 e. The first kappa shape index (κ1) is 14.0. The van der Waals surface area contributed by atoms with Gasteiger partial charge in [-0.3, -0.25) is 0 Å². The zero-order valence-electron chi connectivity index (χ0n) is 10.8. The normalized spacial score (nSPS) is 10.7. The van der Waals surface area contributed by atoms with Crippen molar-refractivity contribution in [2.45, 2.75) is 33.6 Å². The Hall–Kier alpha value is -1.02. The molecule has 94 valence electrons. The fourth-order valence-electron chi connectivity index (χ4n) is 1.76. The van der Waals surface area contributed by atoms with Gasteiger partial charge in [0.2, 0.25) is 0 Å². The van der Waals surface area contributed by atoms with E-state index < -0.39 is 0 Å². The number of carbonyl (C=O) groups is 1. The van der Waals surface area contributed by atoms with E-state index >= 15 is 0 Å². The zero-order valence-corrected chi connectivity index (χ0v) is 11.6. The first-order valence-electron chi connectivity index (χ1n) is 5.83. The molecule has 1 rings (SSSR count). The number of halogens is 1. The molecular weight excluding hydrogens is 236 g/mol. The third kappa shape index (κ3) is 3.74. The minimum absolute atomic E-state index is 0.323. The summed E-state index contributed by atoms with van der Waals surface area (Å²) in [4.78, 5) is 11.6. The van der Waals surface area contributed by atoms with Crippen LogP contribution >= 0.6 is 11.6 Å². The average Bonchev–Trinajstić information content (AvgIpc) is 2.28. The second-order valence-electron chi connectivity index (χ2n) is 4.66. The topological polar surface area (TPSA) is 26.3 Å². The van der Waals surface area contributed by atoms with Crippen molar-refractivity contribution in [1.82, 2.24) is 0 Å². The minimum atomic E-state index is -0.323. The molecule has 0 fully saturated rings. The van der Waals surface area contributed by atoms with Crippen molar-refractivity contribution in [3.63, 3.8) is 0 Å². The van der Waals surface area contributed by atoms with Crippen molar-refractivity contribution >= 4 is 17.6 Å². The lowest BCUT2D eigenvalue weighted by Gasteiger charge is -2.12. The molecule has 0 aromatic heterocycles. The molecule has 0 saturated heterocycles. The maximum absolute atomic E-state index is 11.6.